The first-order valence-corrected chi connectivity index (χ1v) is 11.5. The van der Waals surface area contributed by atoms with Crippen molar-refractivity contribution < 1.29 is 32.6 Å². The fraction of sp³-hybridized carbons (Fsp3) is 0.458. The van der Waals surface area contributed by atoms with Crippen LogP contribution in [-0.2, 0) is 4.74 Å². The van der Waals surface area contributed by atoms with Gasteiger partial charge in [0.25, 0.3) is 5.91 Å². The molecule has 35 heavy (non-hydrogen) atoms. The van der Waals surface area contributed by atoms with E-state index in [0.29, 0.717) is 5.92 Å². The Labute approximate surface area is 207 Å². The van der Waals surface area contributed by atoms with Gasteiger partial charge in [-0.1, -0.05) is 11.6 Å². The molecule has 0 unspecified atom stereocenters. The van der Waals surface area contributed by atoms with E-state index in [2.05, 4.69) is 15.6 Å². The van der Waals surface area contributed by atoms with Gasteiger partial charge >= 0.3 is 6.09 Å². The molecule has 2 N–H and O–H groups in total. The molecule has 0 aliphatic heterocycles. The van der Waals surface area contributed by atoms with Crippen molar-refractivity contribution in [3.8, 4) is 11.6 Å². The van der Waals surface area contributed by atoms with Gasteiger partial charge in [-0.2, -0.15) is 0 Å². The quantitative estimate of drug-likeness (QED) is 0.471. The molecule has 0 bridgehead atoms. The van der Waals surface area contributed by atoms with E-state index in [0.717, 1.165) is 25.0 Å². The number of ether oxygens (including phenoxy) is 3. The van der Waals surface area contributed by atoms with Gasteiger partial charge in [-0.15, -0.1) is 0 Å². The van der Waals surface area contributed by atoms with Crippen molar-refractivity contribution in [3.05, 3.63) is 46.6 Å². The molecule has 2 aromatic rings. The number of pyridine rings is 1. The molecule has 1 atom stereocenters. The van der Waals surface area contributed by atoms with Crippen molar-refractivity contribution in [3.63, 3.8) is 0 Å². The minimum atomic E-state index is -0.960. The Kier molecular flexibility index (Phi) is 8.37. The Bertz CT molecular complexity index is 1070. The van der Waals surface area contributed by atoms with Crippen molar-refractivity contribution in [2.45, 2.75) is 52.2 Å². The first-order chi connectivity index (χ1) is 16.4. The standard InChI is InChI=1S/C24H28ClF2N3O5/c1-13(29-23(32)35-24(2,3)4)11-33-20-9-16(25)19(10-28-20)30-22(31)15-7-17(26)21(18(27)8-15)34-12-14-5-6-14/h7-10,13-14H,5-6,11-12H2,1-4H3,(H,29,32)(H,30,31)/t13-/m0/s1. The topological polar surface area (TPSA) is 98.8 Å². The van der Waals surface area contributed by atoms with E-state index in [-0.39, 0.29) is 41.4 Å². The molecule has 0 saturated heterocycles. The fourth-order valence-electron chi connectivity index (χ4n) is 2.85. The van der Waals surface area contributed by atoms with Crippen LogP contribution in [0.2, 0.25) is 5.02 Å². The first-order valence-electron chi connectivity index (χ1n) is 11.1. The molecule has 1 heterocycles. The monoisotopic (exact) mass is 511 g/mol. The highest BCUT2D eigenvalue weighted by molar-refractivity contribution is 6.34. The summed E-state index contributed by atoms with van der Waals surface area (Å²) in [4.78, 5) is 28.4. The minimum absolute atomic E-state index is 0.0853. The second-order valence-electron chi connectivity index (χ2n) is 9.34. The molecule has 1 aliphatic rings. The van der Waals surface area contributed by atoms with Crippen molar-refractivity contribution in [2.75, 3.05) is 18.5 Å². The third-order valence-corrected chi connectivity index (χ3v) is 5.05. The zero-order chi connectivity index (χ0) is 25.8. The molecule has 1 saturated carbocycles. The minimum Gasteiger partial charge on any atom is -0.487 e. The number of alkyl carbamates (subject to hydrolysis) is 1. The highest BCUT2D eigenvalue weighted by Gasteiger charge is 2.24. The average Bonchev–Trinajstić information content (AvgIpc) is 3.56. The molecule has 2 amide bonds. The third kappa shape index (κ3) is 8.24. The smallest absolute Gasteiger partial charge is 0.407 e. The molecular weight excluding hydrogens is 484 g/mol. The second-order valence-corrected chi connectivity index (χ2v) is 9.75. The van der Waals surface area contributed by atoms with Crippen LogP contribution in [0.4, 0.5) is 19.3 Å². The van der Waals surface area contributed by atoms with Gasteiger partial charge < -0.3 is 24.8 Å². The van der Waals surface area contributed by atoms with E-state index in [9.17, 15) is 18.4 Å². The number of nitrogens with one attached hydrogen (secondary N) is 2. The van der Waals surface area contributed by atoms with Crippen LogP contribution in [0.3, 0.4) is 0 Å². The molecule has 11 heteroatoms. The molecule has 3 rings (SSSR count). The normalized spacial score (nSPS) is 14.1. The zero-order valence-electron chi connectivity index (χ0n) is 19.9. The maximum atomic E-state index is 14.3. The van der Waals surface area contributed by atoms with Crippen molar-refractivity contribution in [1.82, 2.24) is 10.3 Å². The van der Waals surface area contributed by atoms with Gasteiger partial charge in [-0.3, -0.25) is 4.79 Å². The maximum absolute atomic E-state index is 14.3. The average molecular weight is 512 g/mol. The summed E-state index contributed by atoms with van der Waals surface area (Å²) >= 11 is 6.21. The van der Waals surface area contributed by atoms with Gasteiger partial charge in [-0.25, -0.2) is 18.6 Å². The van der Waals surface area contributed by atoms with Gasteiger partial charge in [0.15, 0.2) is 17.4 Å². The number of carbonyl (C=O) groups excluding carboxylic acids is 2. The third-order valence-electron chi connectivity index (χ3n) is 4.74. The number of carbonyl (C=O) groups is 2. The summed E-state index contributed by atoms with van der Waals surface area (Å²) in [5, 5.41) is 5.19. The summed E-state index contributed by atoms with van der Waals surface area (Å²) < 4.78 is 44.5. The number of amides is 2. The van der Waals surface area contributed by atoms with Crippen LogP contribution in [0.15, 0.2) is 24.4 Å². The maximum Gasteiger partial charge on any atom is 0.407 e. The lowest BCUT2D eigenvalue weighted by molar-refractivity contribution is 0.0493. The van der Waals surface area contributed by atoms with Gasteiger partial charge in [0.05, 0.1) is 29.6 Å². The van der Waals surface area contributed by atoms with Crippen molar-refractivity contribution in [1.29, 1.82) is 0 Å². The first kappa shape index (κ1) is 26.5. The lowest BCUT2D eigenvalue weighted by Crippen LogP contribution is -2.40. The van der Waals surface area contributed by atoms with Crippen LogP contribution in [0.25, 0.3) is 0 Å². The summed E-state index contributed by atoms with van der Waals surface area (Å²) in [6.45, 7) is 7.32. The Morgan fingerprint density at radius 2 is 1.83 bits per heavy atom. The summed E-state index contributed by atoms with van der Waals surface area (Å²) in [7, 11) is 0. The molecular formula is C24H28ClF2N3O5. The van der Waals surface area contributed by atoms with Crippen molar-refractivity contribution >= 4 is 29.3 Å². The molecule has 190 valence electrons. The molecule has 1 aliphatic carbocycles. The number of benzene rings is 1. The van der Waals surface area contributed by atoms with Crippen LogP contribution in [-0.4, -0.2) is 41.8 Å². The highest BCUT2D eigenvalue weighted by Crippen LogP contribution is 2.32. The number of aromatic nitrogens is 1. The molecule has 8 nitrogen and oxygen atoms in total. The number of anilines is 1. The molecule has 1 fully saturated rings. The number of halogens is 3. The Balaban J connectivity index is 1.55. The van der Waals surface area contributed by atoms with Crippen LogP contribution in [0.5, 0.6) is 11.6 Å². The summed E-state index contributed by atoms with van der Waals surface area (Å²) in [5.41, 5.74) is -0.736. The van der Waals surface area contributed by atoms with E-state index in [1.807, 2.05) is 0 Å². The molecule has 0 radical (unpaired) electrons. The molecule has 1 aromatic carbocycles. The summed E-state index contributed by atoms with van der Waals surface area (Å²) in [6.07, 6.45) is 2.63. The van der Waals surface area contributed by atoms with Gasteiger partial charge in [-0.05, 0) is 58.6 Å². The lowest BCUT2D eigenvalue weighted by atomic mass is 10.2. The predicted molar refractivity (Wildman–Crippen MR) is 126 cm³/mol. The number of hydrogen-bond acceptors (Lipinski definition) is 6. The molecule has 0 spiro atoms. The number of nitrogens with zero attached hydrogens (tertiary/aromatic N) is 1. The Hall–Kier alpha value is -3.14. The van der Waals surface area contributed by atoms with Gasteiger partial charge in [0, 0.05) is 11.6 Å². The largest absolute Gasteiger partial charge is 0.487 e. The summed E-state index contributed by atoms with van der Waals surface area (Å²) in [5.74, 6) is -2.71. The number of rotatable bonds is 9. The van der Waals surface area contributed by atoms with Crippen LogP contribution in [0, 0.1) is 17.6 Å². The lowest BCUT2D eigenvalue weighted by Gasteiger charge is -2.22. The van der Waals surface area contributed by atoms with Gasteiger partial charge in [0.1, 0.15) is 12.2 Å². The van der Waals surface area contributed by atoms with E-state index >= 15 is 0 Å². The van der Waals surface area contributed by atoms with E-state index < -0.39 is 35.0 Å². The second kappa shape index (κ2) is 11.1. The van der Waals surface area contributed by atoms with E-state index in [1.165, 1.54) is 12.3 Å². The zero-order valence-corrected chi connectivity index (χ0v) is 20.7. The highest BCUT2D eigenvalue weighted by atomic mass is 35.5. The van der Waals surface area contributed by atoms with E-state index in [4.69, 9.17) is 25.8 Å². The Morgan fingerprint density at radius 1 is 1.17 bits per heavy atom. The van der Waals surface area contributed by atoms with Gasteiger partial charge in [0.2, 0.25) is 5.88 Å². The SMILES string of the molecule is C[C@@H](COc1cc(Cl)c(NC(=O)c2cc(F)c(OCC3CC3)c(F)c2)cn1)NC(=O)OC(C)(C)C. The summed E-state index contributed by atoms with van der Waals surface area (Å²) in [6, 6.07) is 2.79. The van der Waals surface area contributed by atoms with Crippen LogP contribution in [0.1, 0.15) is 50.9 Å². The van der Waals surface area contributed by atoms with E-state index in [1.54, 1.807) is 27.7 Å². The molecule has 1 aromatic heterocycles. The van der Waals surface area contributed by atoms with Crippen LogP contribution < -0.4 is 20.1 Å². The van der Waals surface area contributed by atoms with Crippen LogP contribution >= 0.6 is 11.6 Å². The predicted octanol–water partition coefficient (Wildman–Crippen LogP) is 5.35. The number of hydrogen-bond donors (Lipinski definition) is 2. The Morgan fingerprint density at radius 3 is 2.40 bits per heavy atom. The fourth-order valence-corrected chi connectivity index (χ4v) is 3.04. The van der Waals surface area contributed by atoms with Crippen molar-refractivity contribution in [2.24, 2.45) is 5.92 Å².